The van der Waals surface area contributed by atoms with Gasteiger partial charge in [-0.1, -0.05) is 37.1 Å². The van der Waals surface area contributed by atoms with Crippen molar-refractivity contribution in [3.63, 3.8) is 0 Å². The Bertz CT molecular complexity index is 464. The van der Waals surface area contributed by atoms with Crippen LogP contribution in [-0.4, -0.2) is 17.5 Å². The Morgan fingerprint density at radius 3 is 2.65 bits per heavy atom. The van der Waals surface area contributed by atoms with Gasteiger partial charge in [0.1, 0.15) is 0 Å². The Kier molecular flexibility index (Phi) is 4.81. The second kappa shape index (κ2) is 6.40. The van der Waals surface area contributed by atoms with E-state index in [2.05, 4.69) is 31.3 Å². The van der Waals surface area contributed by atoms with Gasteiger partial charge in [0.25, 0.3) is 0 Å². The van der Waals surface area contributed by atoms with E-state index in [1.54, 1.807) is 0 Å². The van der Waals surface area contributed by atoms with Crippen molar-refractivity contribution < 1.29 is 4.79 Å². The first-order valence-corrected chi connectivity index (χ1v) is 7.61. The normalized spacial score (nSPS) is 18.8. The molecule has 20 heavy (non-hydrogen) atoms. The lowest BCUT2D eigenvalue weighted by Crippen LogP contribution is -2.44. The van der Waals surface area contributed by atoms with Crippen LogP contribution in [0.4, 0.5) is 0 Å². The molecule has 1 aliphatic rings. The Morgan fingerprint density at radius 2 is 2.00 bits per heavy atom. The molecule has 1 atom stereocenters. The highest BCUT2D eigenvalue weighted by Gasteiger charge is 2.31. The molecule has 0 saturated heterocycles. The molecule has 1 aliphatic carbocycles. The molecular weight excluding hydrogens is 248 g/mol. The van der Waals surface area contributed by atoms with Crippen molar-refractivity contribution in [3.8, 4) is 0 Å². The minimum Gasteiger partial charge on any atom is -0.353 e. The smallest absolute Gasteiger partial charge is 0.222 e. The van der Waals surface area contributed by atoms with Gasteiger partial charge >= 0.3 is 0 Å². The average molecular weight is 274 g/mol. The number of hydrogen-bond donors (Lipinski definition) is 2. The third kappa shape index (κ3) is 4.07. The van der Waals surface area contributed by atoms with Crippen molar-refractivity contribution in [2.75, 3.05) is 0 Å². The lowest BCUT2D eigenvalue weighted by atomic mass is 9.94. The highest BCUT2D eigenvalue weighted by atomic mass is 16.1. The Hall–Kier alpha value is -1.35. The van der Waals surface area contributed by atoms with E-state index in [9.17, 15) is 4.79 Å². The second-order valence-corrected chi connectivity index (χ2v) is 6.35. The van der Waals surface area contributed by atoms with E-state index in [0.29, 0.717) is 6.42 Å². The maximum atomic E-state index is 12.1. The standard InChI is InChI=1S/C17H26N2O/c1-13-7-3-4-8-15(13)11-14(2)19-16(20)12-17(18)9-5-6-10-17/h3-4,7-8,14H,5-6,9-12,18H2,1-2H3,(H,19,20). The molecule has 2 rings (SSSR count). The van der Waals surface area contributed by atoms with Crippen LogP contribution in [0.5, 0.6) is 0 Å². The third-order valence-electron chi connectivity index (χ3n) is 4.31. The number of nitrogens with one attached hydrogen (secondary N) is 1. The molecule has 0 spiro atoms. The highest BCUT2D eigenvalue weighted by Crippen LogP contribution is 2.29. The Labute approximate surface area is 121 Å². The number of carbonyl (C=O) groups excluding carboxylic acids is 1. The van der Waals surface area contributed by atoms with Gasteiger partial charge in [-0.15, -0.1) is 0 Å². The summed E-state index contributed by atoms with van der Waals surface area (Å²) in [4.78, 5) is 12.1. The van der Waals surface area contributed by atoms with Crippen molar-refractivity contribution >= 4 is 5.91 Å². The molecule has 110 valence electrons. The van der Waals surface area contributed by atoms with Crippen molar-refractivity contribution in [1.82, 2.24) is 5.32 Å². The van der Waals surface area contributed by atoms with Crippen LogP contribution >= 0.6 is 0 Å². The van der Waals surface area contributed by atoms with E-state index in [0.717, 1.165) is 32.1 Å². The molecule has 3 heteroatoms. The first kappa shape index (κ1) is 15.0. The summed E-state index contributed by atoms with van der Waals surface area (Å²) in [6.07, 6.45) is 5.60. The van der Waals surface area contributed by atoms with E-state index in [-0.39, 0.29) is 17.5 Å². The zero-order valence-corrected chi connectivity index (χ0v) is 12.6. The SMILES string of the molecule is Cc1ccccc1CC(C)NC(=O)CC1(N)CCCC1. The lowest BCUT2D eigenvalue weighted by Gasteiger charge is -2.24. The predicted octanol–water partition coefficient (Wildman–Crippen LogP) is 2.70. The summed E-state index contributed by atoms with van der Waals surface area (Å²) in [6.45, 7) is 4.17. The van der Waals surface area contributed by atoms with Gasteiger partial charge in [0.15, 0.2) is 0 Å². The second-order valence-electron chi connectivity index (χ2n) is 6.35. The fourth-order valence-electron chi connectivity index (χ4n) is 3.12. The molecule has 1 fully saturated rings. The molecule has 0 aromatic heterocycles. The molecule has 1 amide bonds. The average Bonchev–Trinajstić information content (AvgIpc) is 2.78. The topological polar surface area (TPSA) is 55.1 Å². The van der Waals surface area contributed by atoms with Crippen LogP contribution in [0.2, 0.25) is 0 Å². The molecule has 0 bridgehead atoms. The number of benzene rings is 1. The number of rotatable bonds is 5. The zero-order chi connectivity index (χ0) is 14.6. The molecule has 3 N–H and O–H groups in total. The van der Waals surface area contributed by atoms with E-state index < -0.39 is 0 Å². The molecule has 3 nitrogen and oxygen atoms in total. The number of hydrogen-bond acceptors (Lipinski definition) is 2. The summed E-state index contributed by atoms with van der Waals surface area (Å²) in [6, 6.07) is 8.47. The minimum atomic E-state index is -0.257. The summed E-state index contributed by atoms with van der Waals surface area (Å²) in [7, 11) is 0. The monoisotopic (exact) mass is 274 g/mol. The van der Waals surface area contributed by atoms with Crippen LogP contribution in [0.25, 0.3) is 0 Å². The molecular formula is C17H26N2O. The summed E-state index contributed by atoms with van der Waals surface area (Å²) in [5, 5.41) is 3.09. The van der Waals surface area contributed by atoms with Gasteiger partial charge in [0.2, 0.25) is 5.91 Å². The van der Waals surface area contributed by atoms with Crippen LogP contribution in [0.1, 0.15) is 50.2 Å². The predicted molar refractivity (Wildman–Crippen MR) is 82.5 cm³/mol. The molecule has 0 radical (unpaired) electrons. The first-order chi connectivity index (χ1) is 9.48. The number of nitrogens with two attached hydrogens (primary N) is 1. The van der Waals surface area contributed by atoms with Crippen molar-refractivity contribution in [2.45, 2.75) is 64.0 Å². The van der Waals surface area contributed by atoms with Crippen LogP contribution < -0.4 is 11.1 Å². The number of amides is 1. The third-order valence-corrected chi connectivity index (χ3v) is 4.31. The molecule has 1 saturated carbocycles. The first-order valence-electron chi connectivity index (χ1n) is 7.61. The van der Waals surface area contributed by atoms with Crippen molar-refractivity contribution in [3.05, 3.63) is 35.4 Å². The van der Waals surface area contributed by atoms with Gasteiger partial charge < -0.3 is 11.1 Å². The van der Waals surface area contributed by atoms with Gasteiger partial charge in [-0.3, -0.25) is 4.79 Å². The van der Waals surface area contributed by atoms with Gasteiger partial charge in [-0.25, -0.2) is 0 Å². The summed E-state index contributed by atoms with van der Waals surface area (Å²) >= 11 is 0. The maximum Gasteiger partial charge on any atom is 0.222 e. The van der Waals surface area contributed by atoms with E-state index in [4.69, 9.17) is 5.73 Å². The van der Waals surface area contributed by atoms with Gasteiger partial charge in [0.05, 0.1) is 0 Å². The summed E-state index contributed by atoms with van der Waals surface area (Å²) in [5.41, 5.74) is 8.57. The van der Waals surface area contributed by atoms with Crippen molar-refractivity contribution in [1.29, 1.82) is 0 Å². The van der Waals surface area contributed by atoms with E-state index in [1.807, 2.05) is 12.1 Å². The molecule has 0 heterocycles. The van der Waals surface area contributed by atoms with Gasteiger partial charge in [0, 0.05) is 18.0 Å². The summed E-state index contributed by atoms with van der Waals surface area (Å²) in [5.74, 6) is 0.0930. The fourth-order valence-corrected chi connectivity index (χ4v) is 3.12. The largest absolute Gasteiger partial charge is 0.353 e. The summed E-state index contributed by atoms with van der Waals surface area (Å²) < 4.78 is 0. The quantitative estimate of drug-likeness (QED) is 0.867. The molecule has 0 aliphatic heterocycles. The Balaban J connectivity index is 1.83. The van der Waals surface area contributed by atoms with Crippen LogP contribution in [-0.2, 0) is 11.2 Å². The molecule has 1 aromatic rings. The maximum absolute atomic E-state index is 12.1. The molecule has 1 unspecified atom stereocenters. The minimum absolute atomic E-state index is 0.0930. The number of carbonyl (C=O) groups is 1. The van der Waals surface area contributed by atoms with E-state index in [1.165, 1.54) is 11.1 Å². The fraction of sp³-hybridized carbons (Fsp3) is 0.588. The van der Waals surface area contributed by atoms with E-state index >= 15 is 0 Å². The van der Waals surface area contributed by atoms with Gasteiger partial charge in [-0.05, 0) is 44.2 Å². The number of aryl methyl sites for hydroxylation is 1. The van der Waals surface area contributed by atoms with Crippen LogP contribution in [0, 0.1) is 6.92 Å². The van der Waals surface area contributed by atoms with Crippen molar-refractivity contribution in [2.24, 2.45) is 5.73 Å². The van der Waals surface area contributed by atoms with Crippen LogP contribution in [0.15, 0.2) is 24.3 Å². The zero-order valence-electron chi connectivity index (χ0n) is 12.6. The Morgan fingerprint density at radius 1 is 1.35 bits per heavy atom. The van der Waals surface area contributed by atoms with Crippen LogP contribution in [0.3, 0.4) is 0 Å². The highest BCUT2D eigenvalue weighted by molar-refractivity contribution is 5.77. The van der Waals surface area contributed by atoms with Gasteiger partial charge in [-0.2, -0.15) is 0 Å². The molecule has 1 aromatic carbocycles. The lowest BCUT2D eigenvalue weighted by molar-refractivity contribution is -0.122.